The number of hydrogen-bond acceptors (Lipinski definition) is 5. The Labute approximate surface area is 118 Å². The van der Waals surface area contributed by atoms with Crippen molar-refractivity contribution in [1.82, 2.24) is 10.1 Å². The van der Waals surface area contributed by atoms with Gasteiger partial charge in [-0.25, -0.2) is 0 Å². The number of nitrogens with zero attached hydrogens (tertiary/aromatic N) is 2. The Balaban J connectivity index is 2.18. The van der Waals surface area contributed by atoms with Crippen molar-refractivity contribution in [2.45, 2.75) is 58.0 Å². The van der Waals surface area contributed by atoms with Crippen LogP contribution in [-0.4, -0.2) is 28.3 Å². The van der Waals surface area contributed by atoms with E-state index in [1.54, 1.807) is 7.11 Å². The summed E-state index contributed by atoms with van der Waals surface area (Å²) in [7, 11) is 1.58. The van der Waals surface area contributed by atoms with E-state index in [-0.39, 0.29) is 0 Å². The van der Waals surface area contributed by atoms with Crippen LogP contribution in [-0.2, 0) is 21.6 Å². The molecule has 20 heavy (non-hydrogen) atoms. The minimum absolute atomic E-state index is 0.301. The Bertz CT molecular complexity index is 475. The topological polar surface area (TPSA) is 85.5 Å². The number of carboxylic acids is 1. The second-order valence-electron chi connectivity index (χ2n) is 6.05. The maximum atomic E-state index is 11.6. The van der Waals surface area contributed by atoms with Gasteiger partial charge in [-0.15, -0.1) is 0 Å². The van der Waals surface area contributed by atoms with Gasteiger partial charge in [-0.1, -0.05) is 24.4 Å². The summed E-state index contributed by atoms with van der Waals surface area (Å²) in [5.41, 5.74) is -1.38. The Morgan fingerprint density at radius 1 is 1.40 bits per heavy atom. The molecule has 1 aromatic heterocycles. The molecule has 0 aliphatic heterocycles. The summed E-state index contributed by atoms with van der Waals surface area (Å²) in [4.78, 5) is 15.9. The van der Waals surface area contributed by atoms with Crippen LogP contribution in [0.3, 0.4) is 0 Å². The van der Waals surface area contributed by atoms with Crippen LogP contribution in [0, 0.1) is 5.41 Å². The molecule has 0 amide bonds. The van der Waals surface area contributed by atoms with Crippen molar-refractivity contribution >= 4 is 5.97 Å². The van der Waals surface area contributed by atoms with Gasteiger partial charge in [0.2, 0.25) is 11.7 Å². The smallest absolute Gasteiger partial charge is 0.310 e. The van der Waals surface area contributed by atoms with E-state index >= 15 is 0 Å². The molecule has 112 valence electrons. The van der Waals surface area contributed by atoms with E-state index in [1.165, 1.54) is 0 Å². The minimum atomic E-state index is -0.761. The first-order valence-corrected chi connectivity index (χ1v) is 7.01. The third-order valence-corrected chi connectivity index (χ3v) is 4.27. The Morgan fingerprint density at radius 3 is 2.60 bits per heavy atom. The van der Waals surface area contributed by atoms with Crippen LogP contribution in [0.5, 0.6) is 0 Å². The molecule has 6 nitrogen and oxygen atoms in total. The molecule has 6 heteroatoms. The van der Waals surface area contributed by atoms with Crippen molar-refractivity contribution in [2.75, 3.05) is 7.11 Å². The molecule has 1 N–H and O–H groups in total. The van der Waals surface area contributed by atoms with E-state index in [4.69, 9.17) is 9.26 Å². The molecular weight excluding hydrogens is 260 g/mol. The highest BCUT2D eigenvalue weighted by Gasteiger charge is 2.41. The highest BCUT2D eigenvalue weighted by molar-refractivity contribution is 5.75. The number of aliphatic carboxylic acids is 1. The Morgan fingerprint density at radius 2 is 2.05 bits per heavy atom. The van der Waals surface area contributed by atoms with Crippen LogP contribution >= 0.6 is 0 Å². The van der Waals surface area contributed by atoms with Crippen LogP contribution < -0.4 is 0 Å². The molecule has 0 aromatic carbocycles. The number of rotatable bonds is 5. The Hall–Kier alpha value is -1.43. The van der Waals surface area contributed by atoms with Crippen LogP contribution in [0.15, 0.2) is 4.52 Å². The largest absolute Gasteiger partial charge is 0.481 e. The predicted molar refractivity (Wildman–Crippen MR) is 71.2 cm³/mol. The van der Waals surface area contributed by atoms with Gasteiger partial charge in [-0.3, -0.25) is 4.79 Å². The number of aromatic nitrogens is 2. The normalized spacial score (nSPS) is 18.9. The quantitative estimate of drug-likeness (QED) is 0.893. The van der Waals surface area contributed by atoms with Gasteiger partial charge in [0.1, 0.15) is 5.60 Å². The SMILES string of the molecule is COC(C)(C)c1noc(CC2(C(=O)O)CCCCC2)n1. The molecule has 0 bridgehead atoms. The summed E-state index contributed by atoms with van der Waals surface area (Å²) < 4.78 is 10.5. The van der Waals surface area contributed by atoms with Crippen molar-refractivity contribution in [1.29, 1.82) is 0 Å². The van der Waals surface area contributed by atoms with Gasteiger partial charge < -0.3 is 14.4 Å². The fourth-order valence-corrected chi connectivity index (χ4v) is 2.65. The van der Waals surface area contributed by atoms with Crippen LogP contribution in [0.1, 0.15) is 57.7 Å². The Kier molecular flexibility index (Phi) is 4.13. The van der Waals surface area contributed by atoms with Gasteiger partial charge in [0.15, 0.2) is 0 Å². The van der Waals surface area contributed by atoms with E-state index in [1.807, 2.05) is 13.8 Å². The molecule has 1 aliphatic carbocycles. The first-order valence-electron chi connectivity index (χ1n) is 7.01. The molecule has 1 heterocycles. The van der Waals surface area contributed by atoms with Crippen LogP contribution in [0.4, 0.5) is 0 Å². The van der Waals surface area contributed by atoms with Gasteiger partial charge in [-0.05, 0) is 26.7 Å². The van der Waals surface area contributed by atoms with Gasteiger partial charge in [-0.2, -0.15) is 4.98 Å². The molecule has 1 aromatic rings. The van der Waals surface area contributed by atoms with Crippen molar-refractivity contribution < 1.29 is 19.2 Å². The molecule has 2 rings (SSSR count). The van der Waals surface area contributed by atoms with Gasteiger partial charge in [0.25, 0.3) is 0 Å². The summed E-state index contributed by atoms with van der Waals surface area (Å²) >= 11 is 0. The molecule has 0 radical (unpaired) electrons. The number of ether oxygens (including phenoxy) is 1. The van der Waals surface area contributed by atoms with Gasteiger partial charge >= 0.3 is 5.97 Å². The highest BCUT2D eigenvalue weighted by Crippen LogP contribution is 2.39. The van der Waals surface area contributed by atoms with Gasteiger partial charge in [0, 0.05) is 13.5 Å². The van der Waals surface area contributed by atoms with Crippen molar-refractivity contribution in [2.24, 2.45) is 5.41 Å². The maximum Gasteiger partial charge on any atom is 0.310 e. The van der Waals surface area contributed by atoms with Crippen molar-refractivity contribution in [3.05, 3.63) is 11.7 Å². The lowest BCUT2D eigenvalue weighted by Gasteiger charge is -2.31. The maximum absolute atomic E-state index is 11.6. The zero-order valence-electron chi connectivity index (χ0n) is 12.3. The van der Waals surface area contributed by atoms with Gasteiger partial charge in [0.05, 0.1) is 5.41 Å². The second kappa shape index (κ2) is 5.52. The third-order valence-electron chi connectivity index (χ3n) is 4.27. The molecule has 0 saturated heterocycles. The monoisotopic (exact) mass is 282 g/mol. The van der Waals surface area contributed by atoms with Crippen molar-refractivity contribution in [3.63, 3.8) is 0 Å². The lowest BCUT2D eigenvalue weighted by molar-refractivity contribution is -0.151. The van der Waals surface area contributed by atoms with E-state index in [9.17, 15) is 9.90 Å². The highest BCUT2D eigenvalue weighted by atomic mass is 16.5. The predicted octanol–water partition coefficient (Wildman–Crippen LogP) is 2.53. The summed E-state index contributed by atoms with van der Waals surface area (Å²) in [6.45, 7) is 3.68. The van der Waals surface area contributed by atoms with Crippen molar-refractivity contribution in [3.8, 4) is 0 Å². The van der Waals surface area contributed by atoms with E-state index in [0.717, 1.165) is 19.3 Å². The zero-order valence-corrected chi connectivity index (χ0v) is 12.3. The number of carboxylic acid groups (broad SMARTS) is 1. The van der Waals surface area contributed by atoms with E-state index in [0.29, 0.717) is 31.0 Å². The molecule has 0 unspecified atom stereocenters. The lowest BCUT2D eigenvalue weighted by atomic mass is 9.72. The summed E-state index contributed by atoms with van der Waals surface area (Å²) in [5, 5.41) is 13.5. The number of hydrogen-bond donors (Lipinski definition) is 1. The number of carbonyl (C=O) groups is 1. The molecule has 1 aliphatic rings. The lowest BCUT2D eigenvalue weighted by Crippen LogP contribution is -2.35. The fraction of sp³-hybridized carbons (Fsp3) is 0.786. The average Bonchev–Trinajstić information content (AvgIpc) is 2.89. The average molecular weight is 282 g/mol. The minimum Gasteiger partial charge on any atom is -0.481 e. The summed E-state index contributed by atoms with van der Waals surface area (Å²) in [6.07, 6.45) is 4.63. The van der Waals surface area contributed by atoms with Crippen LogP contribution in [0.2, 0.25) is 0 Å². The fourth-order valence-electron chi connectivity index (χ4n) is 2.65. The summed E-state index contributed by atoms with van der Waals surface area (Å²) in [5.74, 6) is 0.0729. The molecule has 0 spiro atoms. The first-order chi connectivity index (χ1) is 9.39. The molecule has 1 saturated carbocycles. The van der Waals surface area contributed by atoms with E-state index in [2.05, 4.69) is 10.1 Å². The standard InChI is InChI=1S/C14H22N2O4/c1-13(2,19-3)11-15-10(20-16-11)9-14(12(17)18)7-5-4-6-8-14/h4-9H2,1-3H3,(H,17,18). The second-order valence-corrected chi connectivity index (χ2v) is 6.05. The van der Waals surface area contributed by atoms with E-state index < -0.39 is 17.0 Å². The first kappa shape index (κ1) is 15.0. The third kappa shape index (κ3) is 2.85. The van der Waals surface area contributed by atoms with Crippen LogP contribution in [0.25, 0.3) is 0 Å². The molecule has 0 atom stereocenters. The zero-order chi connectivity index (χ0) is 14.8. The molecular formula is C14H22N2O4. The number of methoxy groups -OCH3 is 1. The summed E-state index contributed by atoms with van der Waals surface area (Å²) in [6, 6.07) is 0. The molecule has 1 fully saturated rings.